The molecule has 1 aromatic rings. The van der Waals surface area contributed by atoms with Crippen LogP contribution in [0.2, 0.25) is 0 Å². The number of hydrogen-bond acceptors (Lipinski definition) is 2. The first-order valence-corrected chi connectivity index (χ1v) is 6.91. The number of nitrogens with one attached hydrogen (secondary N) is 2. The van der Waals surface area contributed by atoms with Crippen LogP contribution in [0.5, 0.6) is 0 Å². The van der Waals surface area contributed by atoms with Gasteiger partial charge in [0.1, 0.15) is 6.54 Å². The van der Waals surface area contributed by atoms with Crippen molar-refractivity contribution in [3.8, 4) is 12.3 Å². The SMILES string of the molecule is C#Cc1cccc(NC(=O)CN=C(N)NCCC(C)C)c1.I. The van der Waals surface area contributed by atoms with Crippen molar-refractivity contribution >= 4 is 41.5 Å². The van der Waals surface area contributed by atoms with Crippen LogP contribution >= 0.6 is 24.0 Å². The summed E-state index contributed by atoms with van der Waals surface area (Å²) in [4.78, 5) is 15.7. The molecule has 6 heteroatoms. The van der Waals surface area contributed by atoms with Crippen LogP contribution in [-0.4, -0.2) is 25.0 Å². The van der Waals surface area contributed by atoms with Gasteiger partial charge in [0.2, 0.25) is 5.91 Å². The first-order valence-electron chi connectivity index (χ1n) is 6.91. The number of hydrogen-bond donors (Lipinski definition) is 3. The zero-order valence-corrected chi connectivity index (χ0v) is 15.3. The van der Waals surface area contributed by atoms with E-state index in [1.165, 1.54) is 0 Å². The highest BCUT2D eigenvalue weighted by molar-refractivity contribution is 14.0. The quantitative estimate of drug-likeness (QED) is 0.289. The minimum absolute atomic E-state index is 0. The van der Waals surface area contributed by atoms with Crippen molar-refractivity contribution in [2.24, 2.45) is 16.6 Å². The van der Waals surface area contributed by atoms with E-state index < -0.39 is 0 Å². The normalized spacial score (nSPS) is 10.5. The summed E-state index contributed by atoms with van der Waals surface area (Å²) in [5.41, 5.74) is 7.04. The molecule has 0 aliphatic rings. The summed E-state index contributed by atoms with van der Waals surface area (Å²) in [6.07, 6.45) is 6.31. The van der Waals surface area contributed by atoms with Gasteiger partial charge in [0.15, 0.2) is 5.96 Å². The fraction of sp³-hybridized carbons (Fsp3) is 0.375. The van der Waals surface area contributed by atoms with E-state index in [9.17, 15) is 4.79 Å². The highest BCUT2D eigenvalue weighted by Gasteiger charge is 2.02. The Bertz CT molecular complexity index is 549. The van der Waals surface area contributed by atoms with E-state index in [-0.39, 0.29) is 42.4 Å². The number of amides is 1. The molecule has 22 heavy (non-hydrogen) atoms. The lowest BCUT2D eigenvalue weighted by Gasteiger charge is -2.08. The molecule has 0 heterocycles. The van der Waals surface area contributed by atoms with Crippen LogP contribution in [0.3, 0.4) is 0 Å². The van der Waals surface area contributed by atoms with Gasteiger partial charge in [-0.25, -0.2) is 4.99 Å². The molecule has 0 saturated heterocycles. The minimum Gasteiger partial charge on any atom is -0.370 e. The lowest BCUT2D eigenvalue weighted by molar-refractivity contribution is -0.114. The van der Waals surface area contributed by atoms with Gasteiger partial charge in [-0.2, -0.15) is 0 Å². The number of aliphatic imine (C=N–C) groups is 1. The van der Waals surface area contributed by atoms with Crippen LogP contribution in [0.1, 0.15) is 25.8 Å². The van der Waals surface area contributed by atoms with Gasteiger partial charge in [-0.15, -0.1) is 30.4 Å². The molecular formula is C16H23IN4O. The summed E-state index contributed by atoms with van der Waals surface area (Å²) in [6, 6.07) is 7.08. The Morgan fingerprint density at radius 2 is 2.18 bits per heavy atom. The number of benzene rings is 1. The third kappa shape index (κ3) is 8.52. The molecule has 0 atom stereocenters. The number of rotatable bonds is 6. The number of nitrogens with zero attached hydrogens (tertiary/aromatic N) is 1. The molecule has 1 amide bonds. The van der Waals surface area contributed by atoms with E-state index in [1.807, 2.05) is 0 Å². The van der Waals surface area contributed by atoms with Gasteiger partial charge >= 0.3 is 0 Å². The molecule has 1 aromatic carbocycles. The van der Waals surface area contributed by atoms with Gasteiger partial charge in [0, 0.05) is 17.8 Å². The summed E-state index contributed by atoms with van der Waals surface area (Å²) in [7, 11) is 0. The molecule has 0 fully saturated rings. The van der Waals surface area contributed by atoms with Gasteiger partial charge in [-0.3, -0.25) is 4.79 Å². The first kappa shape index (κ1) is 20.2. The van der Waals surface area contributed by atoms with E-state index in [2.05, 4.69) is 35.4 Å². The number of halogens is 1. The molecule has 0 radical (unpaired) electrons. The Balaban J connectivity index is 0.00000441. The molecule has 0 saturated carbocycles. The van der Waals surface area contributed by atoms with E-state index in [1.54, 1.807) is 24.3 Å². The van der Waals surface area contributed by atoms with Crippen LogP contribution in [-0.2, 0) is 4.79 Å². The predicted molar refractivity (Wildman–Crippen MR) is 102 cm³/mol. The zero-order valence-electron chi connectivity index (χ0n) is 12.9. The highest BCUT2D eigenvalue weighted by atomic mass is 127. The van der Waals surface area contributed by atoms with Gasteiger partial charge in [-0.1, -0.05) is 25.8 Å². The van der Waals surface area contributed by atoms with Crippen LogP contribution in [0.4, 0.5) is 5.69 Å². The van der Waals surface area contributed by atoms with Gasteiger partial charge in [0.05, 0.1) is 0 Å². The monoisotopic (exact) mass is 414 g/mol. The minimum atomic E-state index is -0.238. The summed E-state index contributed by atoms with van der Waals surface area (Å²) in [5.74, 6) is 3.15. The molecule has 0 unspecified atom stereocenters. The molecule has 0 bridgehead atoms. The van der Waals surface area contributed by atoms with Crippen molar-refractivity contribution in [1.82, 2.24) is 5.32 Å². The van der Waals surface area contributed by atoms with Crippen molar-refractivity contribution in [1.29, 1.82) is 0 Å². The summed E-state index contributed by atoms with van der Waals surface area (Å²) < 4.78 is 0. The van der Waals surface area contributed by atoms with E-state index in [4.69, 9.17) is 12.2 Å². The molecule has 4 N–H and O–H groups in total. The van der Waals surface area contributed by atoms with Crippen molar-refractivity contribution in [2.75, 3.05) is 18.4 Å². The Morgan fingerprint density at radius 1 is 1.45 bits per heavy atom. The molecule has 0 aliphatic carbocycles. The molecule has 120 valence electrons. The van der Waals surface area contributed by atoms with Crippen LogP contribution < -0.4 is 16.4 Å². The second kappa shape index (κ2) is 10.9. The summed E-state index contributed by atoms with van der Waals surface area (Å²) in [6.45, 7) is 4.99. The van der Waals surface area contributed by atoms with Gasteiger partial charge < -0.3 is 16.4 Å². The standard InChI is InChI=1S/C16H22N4O.HI/c1-4-13-6-5-7-14(10-13)20-15(21)11-19-16(17)18-9-8-12(2)3;/h1,5-7,10,12H,8-9,11H2,2-3H3,(H,20,21)(H3,17,18,19);1H. The number of carbonyl (C=O) groups excluding carboxylic acids is 1. The van der Waals surface area contributed by atoms with Crippen molar-refractivity contribution in [3.63, 3.8) is 0 Å². The average Bonchev–Trinajstić information content (AvgIpc) is 2.45. The van der Waals surface area contributed by atoms with E-state index in [0.717, 1.165) is 13.0 Å². The Labute approximate surface area is 149 Å². The molecule has 0 aromatic heterocycles. The first-order chi connectivity index (χ1) is 10.0. The van der Waals surface area contributed by atoms with E-state index in [0.29, 0.717) is 17.2 Å². The maximum absolute atomic E-state index is 11.7. The fourth-order valence-electron chi connectivity index (χ4n) is 1.59. The fourth-order valence-corrected chi connectivity index (χ4v) is 1.59. The average molecular weight is 414 g/mol. The Hall–Kier alpha value is -1.75. The van der Waals surface area contributed by atoms with Crippen molar-refractivity contribution < 1.29 is 4.79 Å². The highest BCUT2D eigenvalue weighted by Crippen LogP contribution is 2.09. The second-order valence-electron chi connectivity index (χ2n) is 5.08. The van der Waals surface area contributed by atoms with Crippen molar-refractivity contribution in [3.05, 3.63) is 29.8 Å². The Morgan fingerprint density at radius 3 is 2.82 bits per heavy atom. The Kier molecular flexibility index (Phi) is 10.0. The van der Waals surface area contributed by atoms with Crippen LogP contribution in [0.15, 0.2) is 29.3 Å². The lowest BCUT2D eigenvalue weighted by Crippen LogP contribution is -2.34. The van der Waals surface area contributed by atoms with Crippen LogP contribution in [0.25, 0.3) is 0 Å². The lowest BCUT2D eigenvalue weighted by atomic mass is 10.1. The molecule has 0 aliphatic heterocycles. The number of terminal acetylenes is 1. The summed E-state index contributed by atoms with van der Waals surface area (Å²) >= 11 is 0. The molecule has 1 rings (SSSR count). The smallest absolute Gasteiger partial charge is 0.246 e. The van der Waals surface area contributed by atoms with E-state index >= 15 is 0 Å². The number of nitrogens with two attached hydrogens (primary N) is 1. The maximum atomic E-state index is 11.7. The largest absolute Gasteiger partial charge is 0.370 e. The number of carbonyl (C=O) groups is 1. The van der Waals surface area contributed by atoms with Crippen molar-refractivity contribution in [2.45, 2.75) is 20.3 Å². The molecule has 0 spiro atoms. The molecule has 5 nitrogen and oxygen atoms in total. The number of anilines is 1. The topological polar surface area (TPSA) is 79.5 Å². The third-order valence-corrected chi connectivity index (χ3v) is 2.73. The van der Waals surface area contributed by atoms with Gasteiger partial charge in [0.25, 0.3) is 0 Å². The summed E-state index contributed by atoms with van der Waals surface area (Å²) in [5, 5.41) is 5.69. The third-order valence-electron chi connectivity index (χ3n) is 2.73. The predicted octanol–water partition coefficient (Wildman–Crippen LogP) is 2.17. The second-order valence-corrected chi connectivity index (χ2v) is 5.08. The van der Waals surface area contributed by atoms with Gasteiger partial charge in [-0.05, 0) is 30.5 Å². The molecular weight excluding hydrogens is 391 g/mol. The van der Waals surface area contributed by atoms with Crippen LogP contribution in [0, 0.1) is 18.3 Å². The maximum Gasteiger partial charge on any atom is 0.246 e. The zero-order chi connectivity index (χ0) is 15.7. The number of guanidine groups is 1.